The second-order valence-electron chi connectivity index (χ2n) is 6.76. The maximum Gasteiger partial charge on any atom is 0.270 e. The number of hydrogen-bond donors (Lipinski definition) is 1. The van der Waals surface area contributed by atoms with Gasteiger partial charge in [0.2, 0.25) is 0 Å². The van der Waals surface area contributed by atoms with E-state index >= 15 is 0 Å². The van der Waals surface area contributed by atoms with E-state index in [2.05, 4.69) is 10.3 Å². The summed E-state index contributed by atoms with van der Waals surface area (Å²) < 4.78 is 8.00. The number of aromatic nitrogens is 2. The van der Waals surface area contributed by atoms with E-state index in [9.17, 15) is 4.79 Å². The predicted octanol–water partition coefficient (Wildman–Crippen LogP) is 1.91. The fraction of sp³-hybridized carbons (Fsp3) is 0.444. The Morgan fingerprint density at radius 1 is 1.42 bits per heavy atom. The van der Waals surface area contributed by atoms with Gasteiger partial charge in [-0.1, -0.05) is 0 Å². The third kappa shape index (κ3) is 2.78. The number of nitrogens with zero attached hydrogens (tertiary/aromatic N) is 3. The van der Waals surface area contributed by atoms with Crippen molar-refractivity contribution in [3.8, 4) is 0 Å². The lowest BCUT2D eigenvalue weighted by atomic mass is 9.97. The van der Waals surface area contributed by atoms with E-state index in [1.165, 1.54) is 0 Å². The highest BCUT2D eigenvalue weighted by atomic mass is 16.5. The van der Waals surface area contributed by atoms with Crippen molar-refractivity contribution in [1.29, 1.82) is 0 Å². The first kappa shape index (κ1) is 15.2. The molecule has 2 atom stereocenters. The summed E-state index contributed by atoms with van der Waals surface area (Å²) >= 11 is 0. The summed E-state index contributed by atoms with van der Waals surface area (Å²) in [5, 5.41) is 3.48. The molecule has 126 valence electrons. The minimum Gasteiger partial charge on any atom is -0.379 e. The van der Waals surface area contributed by atoms with Crippen LogP contribution in [0.2, 0.25) is 0 Å². The van der Waals surface area contributed by atoms with Gasteiger partial charge in [0.1, 0.15) is 5.69 Å². The standard InChI is InChI=1S/C18H22N4O2/c1-21-8-3-5-16(21)17(23)22-9-6-18(13-22)10-15(12-24-18)20-14-4-2-7-19-11-14/h2-5,7-8,11,15,20H,6,9-10,12-13H2,1H3/t15-,18+/m1/s1. The van der Waals surface area contributed by atoms with Crippen LogP contribution in [0.25, 0.3) is 0 Å². The summed E-state index contributed by atoms with van der Waals surface area (Å²) in [6.45, 7) is 2.09. The van der Waals surface area contributed by atoms with Crippen molar-refractivity contribution in [3.63, 3.8) is 0 Å². The molecule has 0 bridgehead atoms. The van der Waals surface area contributed by atoms with Gasteiger partial charge in [0.05, 0.1) is 30.5 Å². The van der Waals surface area contributed by atoms with Crippen LogP contribution in [0.3, 0.4) is 0 Å². The quantitative estimate of drug-likeness (QED) is 0.936. The Morgan fingerprint density at radius 2 is 2.33 bits per heavy atom. The summed E-state index contributed by atoms with van der Waals surface area (Å²) in [5.74, 6) is 0.0895. The van der Waals surface area contributed by atoms with Gasteiger partial charge in [-0.25, -0.2) is 0 Å². The van der Waals surface area contributed by atoms with Crippen LogP contribution in [0.5, 0.6) is 0 Å². The van der Waals surface area contributed by atoms with Crippen LogP contribution in [0.1, 0.15) is 23.3 Å². The molecule has 24 heavy (non-hydrogen) atoms. The van der Waals surface area contributed by atoms with Gasteiger partial charge in [-0.15, -0.1) is 0 Å². The average molecular weight is 326 g/mol. The zero-order chi connectivity index (χ0) is 16.6. The van der Waals surface area contributed by atoms with Crippen molar-refractivity contribution < 1.29 is 9.53 Å². The monoisotopic (exact) mass is 326 g/mol. The molecule has 1 amide bonds. The molecule has 2 fully saturated rings. The van der Waals surface area contributed by atoms with Gasteiger partial charge in [-0.3, -0.25) is 9.78 Å². The van der Waals surface area contributed by atoms with E-state index in [0.717, 1.165) is 30.8 Å². The highest BCUT2D eigenvalue weighted by Gasteiger charge is 2.47. The second kappa shape index (κ2) is 5.94. The molecule has 0 saturated carbocycles. The minimum absolute atomic E-state index is 0.0895. The Kier molecular flexibility index (Phi) is 3.76. The van der Waals surface area contributed by atoms with Gasteiger partial charge in [-0.2, -0.15) is 0 Å². The van der Waals surface area contributed by atoms with Crippen LogP contribution in [-0.4, -0.2) is 51.7 Å². The number of hydrogen-bond acceptors (Lipinski definition) is 4. The highest BCUT2D eigenvalue weighted by Crippen LogP contribution is 2.36. The van der Waals surface area contributed by atoms with Crippen LogP contribution in [0.4, 0.5) is 5.69 Å². The first-order valence-corrected chi connectivity index (χ1v) is 8.36. The molecule has 0 radical (unpaired) electrons. The van der Waals surface area contributed by atoms with Gasteiger partial charge in [0.25, 0.3) is 5.91 Å². The summed E-state index contributed by atoms with van der Waals surface area (Å²) in [4.78, 5) is 18.7. The fourth-order valence-electron chi connectivity index (χ4n) is 3.77. The molecule has 2 aromatic heterocycles. The smallest absolute Gasteiger partial charge is 0.270 e. The summed E-state index contributed by atoms with van der Waals surface area (Å²) in [6, 6.07) is 7.97. The van der Waals surface area contributed by atoms with Crippen molar-refractivity contribution >= 4 is 11.6 Å². The number of pyridine rings is 1. The number of carbonyl (C=O) groups excluding carboxylic acids is 1. The number of anilines is 1. The molecule has 0 aliphatic carbocycles. The molecular weight excluding hydrogens is 304 g/mol. The van der Waals surface area contributed by atoms with Gasteiger partial charge in [0.15, 0.2) is 0 Å². The zero-order valence-corrected chi connectivity index (χ0v) is 13.8. The van der Waals surface area contributed by atoms with E-state index in [-0.39, 0.29) is 17.6 Å². The topological polar surface area (TPSA) is 59.4 Å². The molecule has 1 spiro atoms. The Balaban J connectivity index is 1.40. The first-order valence-electron chi connectivity index (χ1n) is 8.36. The van der Waals surface area contributed by atoms with Gasteiger partial charge in [0, 0.05) is 38.6 Å². The number of likely N-dealkylation sites (tertiary alicyclic amines) is 1. The molecule has 6 nitrogen and oxygen atoms in total. The molecule has 4 heterocycles. The molecule has 0 unspecified atom stereocenters. The van der Waals surface area contributed by atoms with Gasteiger partial charge >= 0.3 is 0 Å². The molecule has 0 aromatic carbocycles. The summed E-state index contributed by atoms with van der Waals surface area (Å²) in [5.41, 5.74) is 1.54. The van der Waals surface area contributed by atoms with E-state index in [0.29, 0.717) is 13.2 Å². The number of ether oxygens (including phenoxy) is 1. The zero-order valence-electron chi connectivity index (χ0n) is 13.8. The van der Waals surface area contributed by atoms with E-state index in [1.807, 2.05) is 53.2 Å². The maximum atomic E-state index is 12.7. The molecule has 2 saturated heterocycles. The largest absolute Gasteiger partial charge is 0.379 e. The summed E-state index contributed by atoms with van der Waals surface area (Å²) in [6.07, 6.45) is 7.30. The molecule has 4 rings (SSSR count). The Hall–Kier alpha value is -2.34. The van der Waals surface area contributed by atoms with Gasteiger partial charge in [-0.05, 0) is 30.7 Å². The van der Waals surface area contributed by atoms with Crippen molar-refractivity contribution in [2.75, 3.05) is 25.0 Å². The minimum atomic E-state index is -0.208. The molecule has 2 aliphatic rings. The Labute approximate surface area is 141 Å². The lowest BCUT2D eigenvalue weighted by Crippen LogP contribution is -2.36. The number of aryl methyl sites for hydroxylation is 1. The fourth-order valence-corrected chi connectivity index (χ4v) is 3.77. The second-order valence-corrected chi connectivity index (χ2v) is 6.76. The van der Waals surface area contributed by atoms with Crippen molar-refractivity contribution in [2.24, 2.45) is 7.05 Å². The SMILES string of the molecule is Cn1cccc1C(=O)N1CC[C@]2(C[C@@H](Nc3cccnc3)CO2)C1. The van der Waals surface area contributed by atoms with Crippen LogP contribution < -0.4 is 5.32 Å². The third-order valence-corrected chi connectivity index (χ3v) is 5.01. The van der Waals surface area contributed by atoms with Crippen LogP contribution >= 0.6 is 0 Å². The van der Waals surface area contributed by atoms with Crippen molar-refractivity contribution in [3.05, 3.63) is 48.5 Å². The van der Waals surface area contributed by atoms with E-state index in [4.69, 9.17) is 4.74 Å². The molecule has 6 heteroatoms. The van der Waals surface area contributed by atoms with Crippen molar-refractivity contribution in [1.82, 2.24) is 14.5 Å². The van der Waals surface area contributed by atoms with E-state index < -0.39 is 0 Å². The van der Waals surface area contributed by atoms with Crippen molar-refractivity contribution in [2.45, 2.75) is 24.5 Å². The molecule has 2 aliphatic heterocycles. The van der Waals surface area contributed by atoms with Crippen LogP contribution in [0.15, 0.2) is 42.9 Å². The Morgan fingerprint density at radius 3 is 3.08 bits per heavy atom. The summed E-state index contributed by atoms with van der Waals surface area (Å²) in [7, 11) is 1.90. The third-order valence-electron chi connectivity index (χ3n) is 5.01. The van der Waals surface area contributed by atoms with Crippen LogP contribution in [0, 0.1) is 0 Å². The molecule has 1 N–H and O–H groups in total. The van der Waals surface area contributed by atoms with Gasteiger partial charge < -0.3 is 19.5 Å². The Bertz CT molecular complexity index is 730. The number of amides is 1. The lowest BCUT2D eigenvalue weighted by molar-refractivity contribution is 0.0124. The molecule has 2 aromatic rings. The normalized spacial score (nSPS) is 26.2. The first-order chi connectivity index (χ1) is 11.7. The molecular formula is C18H22N4O2. The predicted molar refractivity (Wildman–Crippen MR) is 90.9 cm³/mol. The van der Waals surface area contributed by atoms with Crippen LogP contribution in [-0.2, 0) is 11.8 Å². The maximum absolute atomic E-state index is 12.7. The number of rotatable bonds is 3. The van der Waals surface area contributed by atoms with E-state index in [1.54, 1.807) is 6.20 Å². The average Bonchev–Trinajstić information content (AvgIpc) is 3.30. The highest BCUT2D eigenvalue weighted by molar-refractivity contribution is 5.93. The number of carbonyl (C=O) groups is 1. The number of nitrogens with one attached hydrogen (secondary N) is 1. The lowest BCUT2D eigenvalue weighted by Gasteiger charge is -2.23.